The van der Waals surface area contributed by atoms with Gasteiger partial charge in [-0.25, -0.2) is 0 Å². The zero-order valence-corrected chi connectivity index (χ0v) is 12.0. The maximum Gasteiger partial charge on any atom is 0.342 e. The van der Waals surface area contributed by atoms with Gasteiger partial charge in [0.25, 0.3) is 0 Å². The van der Waals surface area contributed by atoms with Crippen LogP contribution in [-0.4, -0.2) is 49.1 Å². The van der Waals surface area contributed by atoms with E-state index >= 15 is 0 Å². The van der Waals surface area contributed by atoms with Crippen molar-refractivity contribution in [3.8, 4) is 0 Å². The minimum absolute atomic E-state index is 0.0492. The van der Waals surface area contributed by atoms with Crippen LogP contribution in [0.15, 0.2) is 0 Å². The fraction of sp³-hybridized carbons (Fsp3) is 0.875. The highest BCUT2D eigenvalue weighted by atomic mass is 31.2. The van der Waals surface area contributed by atoms with E-state index < -0.39 is 33.1 Å². The molecular formula is C8H19NO8P2. The summed E-state index contributed by atoms with van der Waals surface area (Å²) in [6, 6.07) is 0. The van der Waals surface area contributed by atoms with E-state index in [1.807, 2.05) is 0 Å². The standard InChI is InChI=1S/C8H19NO8P2/c10-7(11)4-2-1-3-5-9-6-8(18(12,13)14)19(15,16)17/h8-9H,1-6H2,(H,10,11)(H2,12,13,14)(H2,15,16,17). The largest absolute Gasteiger partial charge is 0.481 e. The zero-order chi connectivity index (χ0) is 15.1. The third kappa shape index (κ3) is 9.29. The van der Waals surface area contributed by atoms with E-state index in [0.29, 0.717) is 25.8 Å². The summed E-state index contributed by atoms with van der Waals surface area (Å²) < 4.78 is 21.8. The minimum Gasteiger partial charge on any atom is -0.481 e. The monoisotopic (exact) mass is 319 g/mol. The molecule has 0 saturated carbocycles. The van der Waals surface area contributed by atoms with Crippen LogP contribution in [0.25, 0.3) is 0 Å². The average Bonchev–Trinajstić information content (AvgIpc) is 2.17. The Morgan fingerprint density at radius 1 is 1.00 bits per heavy atom. The Bertz CT molecular complexity index is 353. The number of hydrogen-bond acceptors (Lipinski definition) is 4. The number of carbonyl (C=O) groups is 1. The van der Waals surface area contributed by atoms with Gasteiger partial charge < -0.3 is 30.0 Å². The summed E-state index contributed by atoms with van der Waals surface area (Å²) in [7, 11) is -9.75. The van der Waals surface area contributed by atoms with Crippen molar-refractivity contribution in [3.05, 3.63) is 0 Å². The summed E-state index contributed by atoms with van der Waals surface area (Å²) in [6.45, 7) is -0.191. The van der Waals surface area contributed by atoms with E-state index in [4.69, 9.17) is 24.7 Å². The Labute approximate surface area is 110 Å². The summed E-state index contributed by atoms with van der Waals surface area (Å²) in [5.74, 6) is -0.893. The molecule has 0 rings (SSSR count). The molecule has 0 aliphatic rings. The van der Waals surface area contributed by atoms with Crippen molar-refractivity contribution >= 4 is 21.2 Å². The van der Waals surface area contributed by atoms with Gasteiger partial charge in [-0.3, -0.25) is 13.9 Å². The predicted molar refractivity (Wildman–Crippen MR) is 66.8 cm³/mol. The third-order valence-corrected chi connectivity index (χ3v) is 6.07. The van der Waals surface area contributed by atoms with E-state index in [1.165, 1.54) is 0 Å². The van der Waals surface area contributed by atoms with Gasteiger partial charge in [-0.15, -0.1) is 0 Å². The molecule has 11 heteroatoms. The quantitative estimate of drug-likeness (QED) is 0.238. The van der Waals surface area contributed by atoms with Gasteiger partial charge in [0.05, 0.1) is 0 Å². The molecule has 9 nitrogen and oxygen atoms in total. The molecule has 0 radical (unpaired) electrons. The summed E-state index contributed by atoms with van der Waals surface area (Å²) in [6.07, 6.45) is 1.70. The number of aliphatic carboxylic acids is 1. The number of hydrogen-bond donors (Lipinski definition) is 6. The molecule has 0 saturated heterocycles. The second-order valence-electron chi connectivity index (χ2n) is 4.07. The van der Waals surface area contributed by atoms with Gasteiger partial charge in [0.15, 0.2) is 5.40 Å². The van der Waals surface area contributed by atoms with Gasteiger partial charge in [-0.1, -0.05) is 6.42 Å². The minimum atomic E-state index is -4.88. The van der Waals surface area contributed by atoms with Crippen molar-refractivity contribution in [2.45, 2.75) is 31.1 Å². The lowest BCUT2D eigenvalue weighted by Gasteiger charge is -2.19. The molecule has 0 bridgehead atoms. The molecule has 114 valence electrons. The maximum atomic E-state index is 10.9. The number of rotatable bonds is 10. The van der Waals surface area contributed by atoms with Gasteiger partial charge in [0, 0.05) is 13.0 Å². The normalized spacial score (nSPS) is 12.9. The molecule has 6 N–H and O–H groups in total. The smallest absolute Gasteiger partial charge is 0.342 e. The van der Waals surface area contributed by atoms with Crippen LogP contribution in [0.5, 0.6) is 0 Å². The Morgan fingerprint density at radius 3 is 1.95 bits per heavy atom. The van der Waals surface area contributed by atoms with Crippen molar-refractivity contribution in [1.29, 1.82) is 0 Å². The van der Waals surface area contributed by atoms with Gasteiger partial charge >= 0.3 is 21.2 Å². The zero-order valence-electron chi connectivity index (χ0n) is 10.2. The molecule has 0 aromatic heterocycles. The Balaban J connectivity index is 3.94. The van der Waals surface area contributed by atoms with Gasteiger partial charge in [0.2, 0.25) is 0 Å². The molecule has 0 spiro atoms. The highest BCUT2D eigenvalue weighted by molar-refractivity contribution is 7.70. The van der Waals surface area contributed by atoms with Crippen LogP contribution in [0.2, 0.25) is 0 Å². The first kappa shape index (κ1) is 18.7. The van der Waals surface area contributed by atoms with Gasteiger partial charge in [0.1, 0.15) is 0 Å². The number of carboxylic acids is 1. The molecular weight excluding hydrogens is 300 g/mol. The molecule has 0 atom stereocenters. The van der Waals surface area contributed by atoms with Crippen molar-refractivity contribution in [3.63, 3.8) is 0 Å². The van der Waals surface area contributed by atoms with E-state index in [0.717, 1.165) is 0 Å². The van der Waals surface area contributed by atoms with Crippen molar-refractivity contribution in [1.82, 2.24) is 5.32 Å². The van der Waals surface area contributed by atoms with Crippen molar-refractivity contribution in [2.24, 2.45) is 0 Å². The highest BCUT2D eigenvalue weighted by Gasteiger charge is 2.42. The summed E-state index contributed by atoms with van der Waals surface area (Å²) in [4.78, 5) is 45.5. The molecule has 0 aliphatic heterocycles. The molecule has 0 amide bonds. The third-order valence-electron chi connectivity index (χ3n) is 2.35. The van der Waals surface area contributed by atoms with Crippen LogP contribution in [0.4, 0.5) is 0 Å². The molecule has 0 aliphatic carbocycles. The maximum absolute atomic E-state index is 10.9. The Hall–Kier alpha value is -0.270. The van der Waals surface area contributed by atoms with E-state index in [9.17, 15) is 13.9 Å². The molecule has 0 aromatic rings. The lowest BCUT2D eigenvalue weighted by molar-refractivity contribution is -0.137. The Kier molecular flexibility index (Phi) is 8.00. The first-order chi connectivity index (χ1) is 8.55. The predicted octanol–water partition coefficient (Wildman–Crippen LogP) is -0.0975. The van der Waals surface area contributed by atoms with Crippen LogP contribution in [-0.2, 0) is 13.9 Å². The van der Waals surface area contributed by atoms with Crippen molar-refractivity contribution in [2.75, 3.05) is 13.1 Å². The second kappa shape index (κ2) is 8.11. The van der Waals surface area contributed by atoms with E-state index in [1.54, 1.807) is 0 Å². The highest BCUT2D eigenvalue weighted by Crippen LogP contribution is 2.59. The molecule has 0 unspecified atom stereocenters. The molecule has 0 fully saturated rings. The first-order valence-corrected chi connectivity index (χ1v) is 8.94. The SMILES string of the molecule is O=C(O)CCCCCNCC(P(=O)(O)O)P(=O)(O)O. The van der Waals surface area contributed by atoms with Gasteiger partial charge in [-0.05, 0) is 19.4 Å². The van der Waals surface area contributed by atoms with Crippen LogP contribution in [0.1, 0.15) is 25.7 Å². The average molecular weight is 319 g/mol. The number of nitrogens with one attached hydrogen (secondary N) is 1. The molecule has 0 heterocycles. The number of unbranched alkanes of at least 4 members (excludes halogenated alkanes) is 2. The fourth-order valence-corrected chi connectivity index (χ4v) is 3.67. The van der Waals surface area contributed by atoms with E-state index in [2.05, 4.69) is 5.32 Å². The first-order valence-electron chi connectivity index (χ1n) is 5.58. The number of carboxylic acid groups (broad SMARTS) is 1. The Morgan fingerprint density at radius 2 is 1.53 bits per heavy atom. The van der Waals surface area contributed by atoms with Crippen molar-refractivity contribution < 1.29 is 38.6 Å². The fourth-order valence-electron chi connectivity index (χ4n) is 1.37. The van der Waals surface area contributed by atoms with Crippen LogP contribution in [0, 0.1) is 0 Å². The second-order valence-corrected chi connectivity index (χ2v) is 8.08. The van der Waals surface area contributed by atoms with E-state index in [-0.39, 0.29) is 6.42 Å². The topological polar surface area (TPSA) is 164 Å². The lowest BCUT2D eigenvalue weighted by Crippen LogP contribution is -2.27. The summed E-state index contributed by atoms with van der Waals surface area (Å²) >= 11 is 0. The molecule has 19 heavy (non-hydrogen) atoms. The summed E-state index contributed by atoms with van der Waals surface area (Å²) in [5, 5.41) is 8.89. The van der Waals surface area contributed by atoms with Crippen LogP contribution < -0.4 is 5.32 Å². The lowest BCUT2D eigenvalue weighted by atomic mass is 10.2. The van der Waals surface area contributed by atoms with Crippen LogP contribution in [0.3, 0.4) is 0 Å². The summed E-state index contributed by atoms with van der Waals surface area (Å²) in [5.41, 5.74) is 0. The van der Waals surface area contributed by atoms with Gasteiger partial charge in [-0.2, -0.15) is 0 Å². The molecule has 0 aromatic carbocycles. The van der Waals surface area contributed by atoms with Crippen LogP contribution >= 0.6 is 15.2 Å².